The number of rotatable bonds is 5. The van der Waals surface area contributed by atoms with Crippen LogP contribution in [0.15, 0.2) is 24.3 Å². The zero-order chi connectivity index (χ0) is 17.5. The summed E-state index contributed by atoms with van der Waals surface area (Å²) in [7, 11) is 3.15. The number of piperazine rings is 1. The number of nitrogens with one attached hydrogen (secondary N) is 2. The number of carbonyl (C=O) groups excluding carboxylic acids is 2. The van der Waals surface area contributed by atoms with Crippen LogP contribution >= 0.6 is 0 Å². The summed E-state index contributed by atoms with van der Waals surface area (Å²) in [5.41, 5.74) is 1.25. The summed E-state index contributed by atoms with van der Waals surface area (Å²) in [4.78, 5) is 27.7. The average Bonchev–Trinajstić information content (AvgIpc) is 2.62. The molecule has 1 aromatic carbocycles. The highest BCUT2D eigenvalue weighted by atomic mass is 16.5. The van der Waals surface area contributed by atoms with Gasteiger partial charge >= 0.3 is 6.03 Å². The van der Waals surface area contributed by atoms with Crippen LogP contribution in [0.2, 0.25) is 0 Å². The number of methoxy groups -OCH3 is 1. The molecule has 1 aliphatic heterocycles. The van der Waals surface area contributed by atoms with Gasteiger partial charge in [-0.25, -0.2) is 4.79 Å². The van der Waals surface area contributed by atoms with Crippen LogP contribution < -0.4 is 15.4 Å². The third-order valence-corrected chi connectivity index (χ3v) is 4.36. The predicted octanol–water partition coefficient (Wildman–Crippen LogP) is 0.657. The first-order valence-electron chi connectivity index (χ1n) is 8.15. The molecule has 0 aromatic heterocycles. The molecule has 1 saturated heterocycles. The Kier molecular flexibility index (Phi) is 6.57. The smallest absolute Gasteiger partial charge is 0.321 e. The molecule has 2 N–H and O–H groups in total. The minimum absolute atomic E-state index is 0.266. The molecule has 2 rings (SSSR count). The van der Waals surface area contributed by atoms with Crippen molar-refractivity contribution in [2.75, 3.05) is 40.3 Å². The van der Waals surface area contributed by atoms with E-state index in [4.69, 9.17) is 4.74 Å². The highest BCUT2D eigenvalue weighted by molar-refractivity contribution is 5.96. The van der Waals surface area contributed by atoms with Crippen LogP contribution in [0.5, 0.6) is 5.75 Å². The molecule has 0 unspecified atom stereocenters. The van der Waals surface area contributed by atoms with Gasteiger partial charge in [-0.1, -0.05) is 12.1 Å². The number of urea groups is 1. The maximum Gasteiger partial charge on any atom is 0.321 e. The summed E-state index contributed by atoms with van der Waals surface area (Å²) in [6, 6.07) is 7.30. The van der Waals surface area contributed by atoms with E-state index in [1.165, 1.54) is 12.6 Å². The number of benzene rings is 1. The molecule has 1 aromatic rings. The third-order valence-electron chi connectivity index (χ3n) is 4.36. The lowest BCUT2D eigenvalue weighted by molar-refractivity contribution is -0.125. The van der Waals surface area contributed by atoms with Crippen molar-refractivity contribution in [3.63, 3.8) is 0 Å². The molecule has 0 radical (unpaired) electrons. The van der Waals surface area contributed by atoms with Crippen LogP contribution in [0.3, 0.4) is 0 Å². The number of hydrogen-bond acceptors (Lipinski definition) is 5. The Labute approximate surface area is 142 Å². The molecular weight excluding hydrogens is 308 g/mol. The Balaban J connectivity index is 1.79. The molecule has 0 bridgehead atoms. The summed E-state index contributed by atoms with van der Waals surface area (Å²) < 4.78 is 5.17. The van der Waals surface area contributed by atoms with E-state index < -0.39 is 6.03 Å². The third kappa shape index (κ3) is 4.94. The van der Waals surface area contributed by atoms with E-state index in [0.29, 0.717) is 0 Å². The van der Waals surface area contributed by atoms with Gasteiger partial charge in [-0.3, -0.25) is 19.9 Å². The standard InChI is InChI=1S/C17H26N4O3/c1-13(16(22)19-17(23)18-2)21-10-8-20(9-11-21)12-14-4-6-15(24-3)7-5-14/h4-7,13H,8-12H2,1-3H3,(H2,18,19,22,23)/t13-/m1/s1. The Morgan fingerprint density at radius 3 is 2.33 bits per heavy atom. The molecule has 24 heavy (non-hydrogen) atoms. The Morgan fingerprint density at radius 1 is 1.17 bits per heavy atom. The van der Waals surface area contributed by atoms with Gasteiger partial charge in [-0.15, -0.1) is 0 Å². The van der Waals surface area contributed by atoms with E-state index in [9.17, 15) is 9.59 Å². The zero-order valence-corrected chi connectivity index (χ0v) is 14.5. The largest absolute Gasteiger partial charge is 0.497 e. The number of imide groups is 1. The van der Waals surface area contributed by atoms with Crippen molar-refractivity contribution in [2.45, 2.75) is 19.5 Å². The maximum absolute atomic E-state index is 12.0. The van der Waals surface area contributed by atoms with E-state index >= 15 is 0 Å². The van der Waals surface area contributed by atoms with E-state index in [1.807, 2.05) is 19.1 Å². The zero-order valence-electron chi connectivity index (χ0n) is 14.5. The van der Waals surface area contributed by atoms with Gasteiger partial charge in [0, 0.05) is 39.8 Å². The number of ether oxygens (including phenoxy) is 1. The molecule has 0 spiro atoms. The van der Waals surface area contributed by atoms with Crippen LogP contribution in [0, 0.1) is 0 Å². The average molecular weight is 334 g/mol. The van der Waals surface area contributed by atoms with Crippen LogP contribution in [0.1, 0.15) is 12.5 Å². The summed E-state index contributed by atoms with van der Waals surface area (Å²) in [5.74, 6) is 0.595. The van der Waals surface area contributed by atoms with Crippen LogP contribution in [0.25, 0.3) is 0 Å². The topological polar surface area (TPSA) is 73.9 Å². The van der Waals surface area contributed by atoms with Crippen molar-refractivity contribution in [2.24, 2.45) is 0 Å². The summed E-state index contributed by atoms with van der Waals surface area (Å²) in [6.45, 7) is 6.11. The van der Waals surface area contributed by atoms with Gasteiger partial charge in [0.1, 0.15) is 5.75 Å². The first kappa shape index (κ1) is 18.2. The fraction of sp³-hybridized carbons (Fsp3) is 0.529. The van der Waals surface area contributed by atoms with Crippen LogP contribution in [-0.4, -0.2) is 68.1 Å². The highest BCUT2D eigenvalue weighted by Gasteiger charge is 2.26. The molecule has 7 heteroatoms. The monoisotopic (exact) mass is 334 g/mol. The van der Waals surface area contributed by atoms with E-state index in [1.54, 1.807) is 7.11 Å². The van der Waals surface area contributed by atoms with Gasteiger partial charge in [0.05, 0.1) is 13.2 Å². The number of hydrogen-bond donors (Lipinski definition) is 2. The van der Waals surface area contributed by atoms with E-state index in [0.717, 1.165) is 38.5 Å². The van der Waals surface area contributed by atoms with Crippen molar-refractivity contribution in [3.05, 3.63) is 29.8 Å². The Bertz CT molecular complexity index is 553. The first-order valence-corrected chi connectivity index (χ1v) is 8.15. The molecule has 0 aliphatic carbocycles. The van der Waals surface area contributed by atoms with Gasteiger partial charge in [-0.05, 0) is 24.6 Å². The number of carbonyl (C=O) groups is 2. The minimum Gasteiger partial charge on any atom is -0.497 e. The Morgan fingerprint density at radius 2 is 1.79 bits per heavy atom. The minimum atomic E-state index is -0.468. The van der Waals surface area contributed by atoms with E-state index in [-0.39, 0.29) is 11.9 Å². The SMILES string of the molecule is CNC(=O)NC(=O)[C@@H](C)N1CCN(Cc2ccc(OC)cc2)CC1. The summed E-state index contributed by atoms with van der Waals surface area (Å²) in [5, 5.41) is 4.72. The van der Waals surface area contributed by atoms with Crippen molar-refractivity contribution in [3.8, 4) is 5.75 Å². The lowest BCUT2D eigenvalue weighted by Crippen LogP contribution is -2.55. The Hall–Kier alpha value is -2.12. The van der Waals surface area contributed by atoms with E-state index in [2.05, 4.69) is 32.6 Å². The molecule has 1 atom stereocenters. The van der Waals surface area contributed by atoms with Crippen molar-refractivity contribution < 1.29 is 14.3 Å². The quantitative estimate of drug-likeness (QED) is 0.827. The molecule has 1 heterocycles. The molecule has 1 fully saturated rings. The van der Waals surface area contributed by atoms with Gasteiger partial charge in [0.15, 0.2) is 0 Å². The van der Waals surface area contributed by atoms with Gasteiger partial charge in [-0.2, -0.15) is 0 Å². The van der Waals surface area contributed by atoms with Crippen molar-refractivity contribution in [1.29, 1.82) is 0 Å². The second kappa shape index (κ2) is 8.65. The van der Waals surface area contributed by atoms with Crippen LogP contribution in [-0.2, 0) is 11.3 Å². The summed E-state index contributed by atoms with van der Waals surface area (Å²) >= 11 is 0. The predicted molar refractivity (Wildman–Crippen MR) is 91.9 cm³/mol. The lowest BCUT2D eigenvalue weighted by atomic mass is 10.1. The molecule has 1 aliphatic rings. The van der Waals surface area contributed by atoms with Crippen molar-refractivity contribution in [1.82, 2.24) is 20.4 Å². The number of amides is 3. The van der Waals surface area contributed by atoms with Crippen molar-refractivity contribution >= 4 is 11.9 Å². The lowest BCUT2D eigenvalue weighted by Gasteiger charge is -2.37. The van der Waals surface area contributed by atoms with Gasteiger partial charge in [0.25, 0.3) is 0 Å². The van der Waals surface area contributed by atoms with Crippen LogP contribution in [0.4, 0.5) is 4.79 Å². The molecular formula is C17H26N4O3. The first-order chi connectivity index (χ1) is 11.5. The molecule has 0 saturated carbocycles. The molecule has 7 nitrogen and oxygen atoms in total. The van der Waals surface area contributed by atoms with Gasteiger partial charge < -0.3 is 10.1 Å². The second-order valence-corrected chi connectivity index (χ2v) is 5.90. The fourth-order valence-corrected chi connectivity index (χ4v) is 2.74. The maximum atomic E-state index is 12.0. The fourth-order valence-electron chi connectivity index (χ4n) is 2.74. The number of nitrogens with zero attached hydrogens (tertiary/aromatic N) is 2. The second-order valence-electron chi connectivity index (χ2n) is 5.90. The normalized spacial score (nSPS) is 17.1. The molecule has 132 valence electrons. The highest BCUT2D eigenvalue weighted by Crippen LogP contribution is 2.14. The summed E-state index contributed by atoms with van der Waals surface area (Å²) in [6.07, 6.45) is 0. The van der Waals surface area contributed by atoms with Gasteiger partial charge in [0.2, 0.25) is 5.91 Å². The molecule has 3 amide bonds.